The molecule has 0 aliphatic rings. The Hall–Kier alpha value is -1.25. The zero-order chi connectivity index (χ0) is 6.97. The quantitative estimate of drug-likeness (QED) is 0.473. The molecule has 1 aromatic carbocycles. The van der Waals surface area contributed by atoms with E-state index in [1.807, 2.05) is 26.0 Å². The van der Waals surface area contributed by atoms with Crippen LogP contribution in [0.4, 0.5) is 0 Å². The highest BCUT2D eigenvalue weighted by Gasteiger charge is 1.95. The lowest BCUT2D eigenvalue weighted by molar-refractivity contribution is 0.602. The van der Waals surface area contributed by atoms with E-state index in [1.165, 1.54) is 11.9 Å². The Balaban J connectivity index is 2.86. The fourth-order valence-corrected chi connectivity index (χ4v) is 0.962. The molecule has 0 radical (unpaired) electrons. The van der Waals surface area contributed by atoms with E-state index in [2.05, 4.69) is 4.98 Å². The zero-order valence-electron chi connectivity index (χ0n) is 5.66. The Morgan fingerprint density at radius 2 is 2.30 bits per heavy atom. The van der Waals surface area contributed by atoms with Gasteiger partial charge in [0.2, 0.25) is 0 Å². The molecule has 0 N–H and O–H groups in total. The Kier molecular flexibility index (Phi) is 1.03. The summed E-state index contributed by atoms with van der Waals surface area (Å²) in [7, 11) is 2.03. The van der Waals surface area contributed by atoms with Crippen molar-refractivity contribution in [2.45, 2.75) is 0 Å². The van der Waals surface area contributed by atoms with Crippen molar-refractivity contribution >= 4 is 24.4 Å². The van der Waals surface area contributed by atoms with Gasteiger partial charge in [-0.2, -0.15) is 0 Å². The molecule has 10 heavy (non-hydrogen) atoms. The molecule has 2 nitrogen and oxygen atoms in total. The molecule has 0 bridgehead atoms. The number of hydrogen-bond donors (Lipinski definition) is 0. The van der Waals surface area contributed by atoms with Crippen molar-refractivity contribution in [1.82, 2.24) is 4.98 Å². The molecule has 1 heterocycles. The molecule has 2 aromatic rings. The molecule has 3 heteroatoms. The van der Waals surface area contributed by atoms with Crippen LogP contribution in [0.5, 0.6) is 0 Å². The van der Waals surface area contributed by atoms with Crippen molar-refractivity contribution in [1.29, 1.82) is 0 Å². The van der Waals surface area contributed by atoms with Crippen molar-refractivity contribution in [3.63, 3.8) is 0 Å². The van der Waals surface area contributed by atoms with Crippen molar-refractivity contribution in [3.8, 4) is 0 Å². The van der Waals surface area contributed by atoms with Gasteiger partial charge in [-0.05, 0) is 12.1 Å². The molecule has 0 saturated heterocycles. The highest BCUT2D eigenvalue weighted by atomic mass is 16.3. The van der Waals surface area contributed by atoms with Crippen LogP contribution in [0.3, 0.4) is 0 Å². The zero-order valence-corrected chi connectivity index (χ0v) is 5.66. The van der Waals surface area contributed by atoms with Crippen LogP contribution in [0.25, 0.3) is 11.1 Å². The van der Waals surface area contributed by atoms with E-state index < -0.39 is 0 Å². The van der Waals surface area contributed by atoms with Gasteiger partial charge in [-0.3, -0.25) is 0 Å². The van der Waals surface area contributed by atoms with Gasteiger partial charge >= 0.3 is 0 Å². The first kappa shape index (κ1) is 5.53. The summed E-state index contributed by atoms with van der Waals surface area (Å²) in [5.74, 6) is 0. The van der Waals surface area contributed by atoms with Gasteiger partial charge in [-0.25, -0.2) is 4.98 Å². The summed E-state index contributed by atoms with van der Waals surface area (Å²) in [6.07, 6.45) is 1.46. The lowest BCUT2D eigenvalue weighted by Gasteiger charge is -1.87. The van der Waals surface area contributed by atoms with Crippen LogP contribution in [-0.4, -0.2) is 12.8 Å². The molecule has 0 fully saturated rings. The molecule has 0 atom stereocenters. The largest absolute Gasteiger partial charge is 0.444 e. The molecule has 2 rings (SSSR count). The maximum atomic E-state index is 5.09. The Bertz CT molecular complexity index is 355. The van der Waals surface area contributed by atoms with Gasteiger partial charge in [0, 0.05) is 0 Å². The molecular formula is C7H6BNO. The van der Waals surface area contributed by atoms with Crippen LogP contribution in [0, 0.1) is 0 Å². The number of aromatic nitrogens is 1. The summed E-state index contributed by atoms with van der Waals surface area (Å²) in [5.41, 5.74) is 2.98. The summed E-state index contributed by atoms with van der Waals surface area (Å²) < 4.78 is 5.09. The number of nitrogens with zero attached hydrogens (tertiary/aromatic N) is 1. The average molecular weight is 131 g/mol. The fourth-order valence-electron chi connectivity index (χ4n) is 0.962. The lowest BCUT2D eigenvalue weighted by atomic mass is 9.96. The molecular weight excluding hydrogens is 125 g/mol. The van der Waals surface area contributed by atoms with Crippen LogP contribution in [-0.2, 0) is 0 Å². The van der Waals surface area contributed by atoms with Crippen LogP contribution >= 0.6 is 0 Å². The number of benzene rings is 1. The maximum absolute atomic E-state index is 5.09. The van der Waals surface area contributed by atoms with Crippen LogP contribution in [0.2, 0.25) is 0 Å². The highest BCUT2D eigenvalue weighted by Crippen LogP contribution is 2.07. The number of hydrogen-bond acceptors (Lipinski definition) is 2. The summed E-state index contributed by atoms with van der Waals surface area (Å²) in [6, 6.07) is 5.95. The molecule has 0 unspecified atom stereocenters. The Labute approximate surface area is 59.3 Å². The van der Waals surface area contributed by atoms with E-state index in [9.17, 15) is 0 Å². The van der Waals surface area contributed by atoms with Gasteiger partial charge in [0.05, 0.1) is 0 Å². The van der Waals surface area contributed by atoms with Gasteiger partial charge in [0.15, 0.2) is 12.0 Å². The third kappa shape index (κ3) is 0.710. The van der Waals surface area contributed by atoms with Gasteiger partial charge in [-0.1, -0.05) is 11.5 Å². The normalized spacial score (nSPS) is 10.4. The minimum Gasteiger partial charge on any atom is -0.444 e. The highest BCUT2D eigenvalue weighted by molar-refractivity contribution is 6.32. The van der Waals surface area contributed by atoms with Gasteiger partial charge in [0.25, 0.3) is 0 Å². The smallest absolute Gasteiger partial charge is 0.181 e. The molecule has 48 valence electrons. The standard InChI is InChI=1S/C7H6BNO/c8-5-1-2-6-7(3-5)10-4-9-6/h1-4H,8H2. The predicted octanol–water partition coefficient (Wildman–Crippen LogP) is 0.0862. The van der Waals surface area contributed by atoms with Crippen LogP contribution in [0.15, 0.2) is 29.0 Å². The Morgan fingerprint density at radius 3 is 3.20 bits per heavy atom. The van der Waals surface area contributed by atoms with Gasteiger partial charge in [-0.15, -0.1) is 0 Å². The third-order valence-corrected chi connectivity index (χ3v) is 1.49. The minimum atomic E-state index is 0.861. The number of fused-ring (bicyclic) bond motifs is 1. The molecule has 0 aliphatic carbocycles. The summed E-state index contributed by atoms with van der Waals surface area (Å²) in [5, 5.41) is 0. The van der Waals surface area contributed by atoms with E-state index >= 15 is 0 Å². The molecule has 0 aliphatic heterocycles. The first-order chi connectivity index (χ1) is 4.86. The second kappa shape index (κ2) is 1.87. The molecule has 1 aromatic heterocycles. The third-order valence-electron chi connectivity index (χ3n) is 1.49. The van der Waals surface area contributed by atoms with Crippen molar-refractivity contribution in [2.24, 2.45) is 0 Å². The SMILES string of the molecule is Bc1ccc2ncoc2c1. The summed E-state index contributed by atoms with van der Waals surface area (Å²) in [6.45, 7) is 0. The lowest BCUT2D eigenvalue weighted by Crippen LogP contribution is -1.98. The molecule has 0 amide bonds. The predicted molar refractivity (Wildman–Crippen MR) is 42.2 cm³/mol. The van der Waals surface area contributed by atoms with E-state index in [0.29, 0.717) is 0 Å². The van der Waals surface area contributed by atoms with Crippen molar-refractivity contribution in [2.75, 3.05) is 0 Å². The average Bonchev–Trinajstić information content (AvgIpc) is 2.33. The number of oxazole rings is 1. The van der Waals surface area contributed by atoms with Gasteiger partial charge in [0.1, 0.15) is 13.4 Å². The second-order valence-corrected chi connectivity index (χ2v) is 2.32. The monoisotopic (exact) mass is 131 g/mol. The van der Waals surface area contributed by atoms with Crippen molar-refractivity contribution < 1.29 is 4.42 Å². The fraction of sp³-hybridized carbons (Fsp3) is 0. The number of rotatable bonds is 0. The first-order valence-corrected chi connectivity index (χ1v) is 3.16. The maximum Gasteiger partial charge on any atom is 0.181 e. The van der Waals surface area contributed by atoms with Crippen molar-refractivity contribution in [3.05, 3.63) is 24.6 Å². The van der Waals surface area contributed by atoms with Gasteiger partial charge < -0.3 is 4.42 Å². The van der Waals surface area contributed by atoms with E-state index in [1.54, 1.807) is 0 Å². The van der Waals surface area contributed by atoms with E-state index in [4.69, 9.17) is 4.42 Å². The van der Waals surface area contributed by atoms with E-state index in [0.717, 1.165) is 11.1 Å². The summed E-state index contributed by atoms with van der Waals surface area (Å²) >= 11 is 0. The second-order valence-electron chi connectivity index (χ2n) is 2.32. The Morgan fingerprint density at radius 1 is 1.40 bits per heavy atom. The molecule has 0 saturated carbocycles. The minimum absolute atomic E-state index is 0.861. The first-order valence-electron chi connectivity index (χ1n) is 3.16. The van der Waals surface area contributed by atoms with E-state index in [-0.39, 0.29) is 0 Å². The van der Waals surface area contributed by atoms with Crippen LogP contribution < -0.4 is 5.46 Å². The van der Waals surface area contributed by atoms with Crippen LogP contribution in [0.1, 0.15) is 0 Å². The molecule has 0 spiro atoms. The summed E-state index contributed by atoms with van der Waals surface area (Å²) in [4.78, 5) is 3.99. The topological polar surface area (TPSA) is 26.0 Å².